The van der Waals surface area contributed by atoms with Gasteiger partial charge in [-0.15, -0.1) is 0 Å². The summed E-state index contributed by atoms with van der Waals surface area (Å²) in [6.07, 6.45) is 3.42. The number of benzene rings is 1. The summed E-state index contributed by atoms with van der Waals surface area (Å²) in [5.74, 6) is 3.49. The molecule has 128 valence electrons. The van der Waals surface area contributed by atoms with Crippen molar-refractivity contribution < 1.29 is 9.47 Å². The molecule has 1 aromatic rings. The van der Waals surface area contributed by atoms with E-state index in [-0.39, 0.29) is 0 Å². The largest absolute Gasteiger partial charge is 0.497 e. The Bertz CT molecular complexity index is 531. The van der Waals surface area contributed by atoms with E-state index in [2.05, 4.69) is 22.1 Å². The molecule has 0 radical (unpaired) electrons. The van der Waals surface area contributed by atoms with Crippen LogP contribution in [-0.2, 0) is 6.42 Å². The predicted molar refractivity (Wildman–Crippen MR) is 94.6 cm³/mol. The van der Waals surface area contributed by atoms with E-state index in [0.29, 0.717) is 0 Å². The summed E-state index contributed by atoms with van der Waals surface area (Å²) >= 11 is 0. The third-order valence-corrected chi connectivity index (χ3v) is 4.33. The molecule has 1 heterocycles. The lowest BCUT2D eigenvalue weighted by Crippen LogP contribution is -2.46. The summed E-state index contributed by atoms with van der Waals surface area (Å²) in [6, 6.07) is 5.91. The number of guanidine groups is 1. The smallest absolute Gasteiger partial charge is 0.193 e. The first-order valence-corrected chi connectivity index (χ1v) is 8.34. The van der Waals surface area contributed by atoms with Gasteiger partial charge < -0.3 is 19.7 Å². The van der Waals surface area contributed by atoms with E-state index in [0.717, 1.165) is 55.0 Å². The summed E-state index contributed by atoms with van der Waals surface area (Å²) in [5.41, 5.74) is 1.14. The van der Waals surface area contributed by atoms with Gasteiger partial charge in [-0.2, -0.15) is 0 Å². The molecule has 5 heteroatoms. The van der Waals surface area contributed by atoms with Gasteiger partial charge >= 0.3 is 0 Å². The van der Waals surface area contributed by atoms with Gasteiger partial charge in [-0.3, -0.25) is 4.99 Å². The van der Waals surface area contributed by atoms with Gasteiger partial charge in [-0.1, -0.05) is 6.92 Å². The van der Waals surface area contributed by atoms with Crippen molar-refractivity contribution in [3.05, 3.63) is 23.8 Å². The quantitative estimate of drug-likeness (QED) is 0.669. The average molecular weight is 319 g/mol. The van der Waals surface area contributed by atoms with Gasteiger partial charge in [0.2, 0.25) is 0 Å². The molecule has 0 aromatic heterocycles. The fraction of sp³-hybridized carbons (Fsp3) is 0.611. The Kier molecular flexibility index (Phi) is 6.56. The highest BCUT2D eigenvalue weighted by molar-refractivity contribution is 5.80. The van der Waals surface area contributed by atoms with Crippen LogP contribution in [-0.4, -0.2) is 51.8 Å². The van der Waals surface area contributed by atoms with Crippen LogP contribution in [0.4, 0.5) is 0 Å². The zero-order chi connectivity index (χ0) is 16.7. The van der Waals surface area contributed by atoms with Crippen molar-refractivity contribution in [3.8, 4) is 11.5 Å². The number of hydrogen-bond acceptors (Lipinski definition) is 3. The first-order valence-electron chi connectivity index (χ1n) is 8.34. The number of nitrogens with one attached hydrogen (secondary N) is 1. The zero-order valence-corrected chi connectivity index (χ0v) is 14.8. The van der Waals surface area contributed by atoms with Crippen LogP contribution in [0.1, 0.15) is 25.3 Å². The average Bonchev–Trinajstić information content (AvgIpc) is 2.58. The highest BCUT2D eigenvalue weighted by Crippen LogP contribution is 2.24. The maximum absolute atomic E-state index is 5.44. The predicted octanol–water partition coefficient (Wildman–Crippen LogP) is 2.55. The van der Waals surface area contributed by atoms with Crippen LogP contribution in [0, 0.1) is 5.92 Å². The molecule has 5 nitrogen and oxygen atoms in total. The van der Waals surface area contributed by atoms with E-state index in [1.165, 1.54) is 12.8 Å². The molecule has 1 N–H and O–H groups in total. The molecule has 0 spiro atoms. The van der Waals surface area contributed by atoms with Gasteiger partial charge in [0.15, 0.2) is 5.96 Å². The molecule has 0 amide bonds. The number of nitrogens with zero attached hydrogens (tertiary/aromatic N) is 2. The number of methoxy groups -OCH3 is 2. The van der Waals surface area contributed by atoms with Gasteiger partial charge in [-0.25, -0.2) is 0 Å². The van der Waals surface area contributed by atoms with Crippen LogP contribution in [0.25, 0.3) is 0 Å². The minimum atomic E-state index is 0.737. The lowest BCUT2D eigenvalue weighted by molar-refractivity contribution is 0.266. The van der Waals surface area contributed by atoms with Crippen molar-refractivity contribution >= 4 is 5.96 Å². The first-order chi connectivity index (χ1) is 11.2. The molecule has 1 aliphatic rings. The number of rotatable bonds is 5. The van der Waals surface area contributed by atoms with E-state index in [9.17, 15) is 0 Å². The first kappa shape index (κ1) is 17.4. The molecule has 0 saturated carbocycles. The molecular weight excluding hydrogens is 290 g/mol. The Balaban J connectivity index is 1.92. The van der Waals surface area contributed by atoms with Crippen LogP contribution in [0.2, 0.25) is 0 Å². The second-order valence-electron chi connectivity index (χ2n) is 6.10. The molecule has 1 atom stereocenters. The fourth-order valence-corrected chi connectivity index (χ4v) is 3.10. The molecule has 1 aromatic carbocycles. The van der Waals surface area contributed by atoms with Gasteiger partial charge in [0.05, 0.1) is 14.2 Å². The topological polar surface area (TPSA) is 46.1 Å². The number of piperidine rings is 1. The normalized spacial score (nSPS) is 18.7. The Morgan fingerprint density at radius 1 is 1.35 bits per heavy atom. The highest BCUT2D eigenvalue weighted by atomic mass is 16.5. The summed E-state index contributed by atoms with van der Waals surface area (Å²) in [5, 5.41) is 3.48. The summed E-state index contributed by atoms with van der Waals surface area (Å²) < 4.78 is 10.7. The third-order valence-electron chi connectivity index (χ3n) is 4.33. The lowest BCUT2D eigenvalue weighted by Gasteiger charge is -2.33. The summed E-state index contributed by atoms with van der Waals surface area (Å²) in [6.45, 7) is 5.30. The van der Waals surface area contributed by atoms with E-state index in [4.69, 9.17) is 9.47 Å². The molecule has 1 aliphatic heterocycles. The van der Waals surface area contributed by atoms with Gasteiger partial charge in [0, 0.05) is 26.7 Å². The maximum Gasteiger partial charge on any atom is 0.193 e. The van der Waals surface area contributed by atoms with Gasteiger partial charge in [-0.05, 0) is 48.9 Å². The van der Waals surface area contributed by atoms with Crippen LogP contribution < -0.4 is 14.8 Å². The van der Waals surface area contributed by atoms with Crippen LogP contribution in [0.15, 0.2) is 23.2 Å². The van der Waals surface area contributed by atoms with Crippen molar-refractivity contribution in [1.82, 2.24) is 10.2 Å². The van der Waals surface area contributed by atoms with Crippen molar-refractivity contribution in [2.24, 2.45) is 10.9 Å². The highest BCUT2D eigenvalue weighted by Gasteiger charge is 2.19. The number of hydrogen-bond donors (Lipinski definition) is 1. The molecule has 1 unspecified atom stereocenters. The third kappa shape index (κ3) is 4.78. The minimum absolute atomic E-state index is 0.737. The number of ether oxygens (including phenoxy) is 2. The number of likely N-dealkylation sites (tertiary alicyclic amines) is 1. The molecule has 0 aliphatic carbocycles. The van der Waals surface area contributed by atoms with Crippen LogP contribution in [0.3, 0.4) is 0 Å². The Morgan fingerprint density at radius 3 is 2.83 bits per heavy atom. The zero-order valence-electron chi connectivity index (χ0n) is 14.8. The van der Waals surface area contributed by atoms with E-state index in [1.54, 1.807) is 14.2 Å². The monoisotopic (exact) mass is 319 g/mol. The van der Waals surface area contributed by atoms with Crippen molar-refractivity contribution in [2.75, 3.05) is 40.9 Å². The lowest BCUT2D eigenvalue weighted by atomic mass is 10.0. The SMILES string of the molecule is CN=C(NCCc1cc(OC)ccc1OC)N1CCCC(C)C1. The van der Waals surface area contributed by atoms with E-state index < -0.39 is 0 Å². The second-order valence-corrected chi connectivity index (χ2v) is 6.10. The Labute approximate surface area is 139 Å². The van der Waals surface area contributed by atoms with Gasteiger partial charge in [0.25, 0.3) is 0 Å². The molecular formula is C18H29N3O2. The summed E-state index contributed by atoms with van der Waals surface area (Å²) in [7, 11) is 5.24. The van der Waals surface area contributed by atoms with Gasteiger partial charge in [0.1, 0.15) is 11.5 Å². The molecule has 1 saturated heterocycles. The van der Waals surface area contributed by atoms with Crippen molar-refractivity contribution in [2.45, 2.75) is 26.2 Å². The fourth-order valence-electron chi connectivity index (χ4n) is 3.10. The van der Waals surface area contributed by atoms with Crippen molar-refractivity contribution in [1.29, 1.82) is 0 Å². The standard InChI is InChI=1S/C18H29N3O2/c1-14-6-5-11-21(13-14)18(19-2)20-10-9-15-12-16(22-3)7-8-17(15)23-4/h7-8,12,14H,5-6,9-11,13H2,1-4H3,(H,19,20). The van der Waals surface area contributed by atoms with E-state index >= 15 is 0 Å². The minimum Gasteiger partial charge on any atom is -0.497 e. The molecule has 0 bridgehead atoms. The van der Waals surface area contributed by atoms with E-state index in [1.807, 2.05) is 25.2 Å². The van der Waals surface area contributed by atoms with Crippen LogP contribution >= 0.6 is 0 Å². The molecule has 23 heavy (non-hydrogen) atoms. The Morgan fingerprint density at radius 2 is 2.17 bits per heavy atom. The maximum atomic E-state index is 5.44. The molecule has 2 rings (SSSR count). The number of aliphatic imine (C=N–C) groups is 1. The Hall–Kier alpha value is -1.91. The summed E-state index contributed by atoms with van der Waals surface area (Å²) in [4.78, 5) is 6.79. The van der Waals surface area contributed by atoms with Crippen LogP contribution in [0.5, 0.6) is 11.5 Å². The second kappa shape index (κ2) is 8.65. The molecule has 1 fully saturated rings. The van der Waals surface area contributed by atoms with Crippen molar-refractivity contribution in [3.63, 3.8) is 0 Å².